The van der Waals surface area contributed by atoms with Gasteiger partial charge in [0.05, 0.1) is 0 Å². The van der Waals surface area contributed by atoms with E-state index in [1.54, 1.807) is 0 Å². The number of hydrogen-bond donors (Lipinski definition) is 0. The molecule has 0 amide bonds. The first-order valence-electron chi connectivity index (χ1n) is 19.7. The molecule has 11 aromatic rings. The molecule has 57 heavy (non-hydrogen) atoms. The minimum Gasteiger partial charge on any atom is -0.310 e. The molecule has 0 unspecified atom stereocenters. The highest BCUT2D eigenvalue weighted by Crippen LogP contribution is 2.41. The molecule has 0 aliphatic carbocycles. The van der Waals surface area contributed by atoms with E-state index in [4.69, 9.17) is 0 Å². The van der Waals surface area contributed by atoms with E-state index in [1.165, 1.54) is 87.2 Å². The van der Waals surface area contributed by atoms with Crippen LogP contribution in [0.4, 0.5) is 17.1 Å². The number of nitrogens with zero attached hydrogens (tertiary/aromatic N) is 1. The van der Waals surface area contributed by atoms with E-state index < -0.39 is 0 Å². The number of benzene rings is 11. The predicted molar refractivity (Wildman–Crippen MR) is 245 cm³/mol. The van der Waals surface area contributed by atoms with Crippen LogP contribution in [0.2, 0.25) is 0 Å². The van der Waals surface area contributed by atoms with Gasteiger partial charge in [0.15, 0.2) is 0 Å². The van der Waals surface area contributed by atoms with Crippen LogP contribution in [-0.2, 0) is 0 Å². The molecule has 11 aromatic carbocycles. The van der Waals surface area contributed by atoms with Gasteiger partial charge >= 0.3 is 0 Å². The second kappa shape index (κ2) is 13.7. The maximum absolute atomic E-state index is 2.39. The smallest absolute Gasteiger partial charge is 0.0467 e. The molecule has 0 aliphatic rings. The third kappa shape index (κ3) is 5.80. The van der Waals surface area contributed by atoms with Crippen molar-refractivity contribution in [1.82, 2.24) is 0 Å². The fourth-order valence-electron chi connectivity index (χ4n) is 8.82. The van der Waals surface area contributed by atoms with Crippen molar-refractivity contribution < 1.29 is 0 Å². The Bertz CT molecular complexity index is 3260. The standard InChI is InChI=1S/C56H37N/c1-2-14-41-34-43(27-26-38(41)12-1)42-16-9-18-47(35-42)57(48-19-10-17-45(36-48)50-25-11-15-40-13-3-4-20-49(40)50)46-31-28-39(29-32-46)44-30-33-55-53-23-6-5-21-51(53)52-22-7-8-24-54(52)56(55)37-44/h1-37H. The van der Waals surface area contributed by atoms with E-state index in [-0.39, 0.29) is 0 Å². The Balaban J connectivity index is 1.04. The molecule has 0 saturated carbocycles. The molecule has 11 rings (SSSR count). The quantitative estimate of drug-likeness (QED) is 0.154. The van der Waals surface area contributed by atoms with Gasteiger partial charge < -0.3 is 4.90 Å². The molecule has 0 aromatic heterocycles. The lowest BCUT2D eigenvalue weighted by atomic mass is 9.92. The van der Waals surface area contributed by atoms with Crippen molar-refractivity contribution in [2.75, 3.05) is 4.90 Å². The summed E-state index contributed by atoms with van der Waals surface area (Å²) in [5.74, 6) is 0. The van der Waals surface area contributed by atoms with E-state index in [9.17, 15) is 0 Å². The molecule has 0 fully saturated rings. The SMILES string of the molecule is c1cc(-c2ccc3ccccc3c2)cc(N(c2ccc(-c3ccc4c5ccccc5c5ccccc5c4c3)cc2)c2cccc(-c3cccc4ccccc34)c2)c1. The zero-order valence-corrected chi connectivity index (χ0v) is 31.3. The van der Waals surface area contributed by atoms with Crippen LogP contribution in [0, 0.1) is 0 Å². The van der Waals surface area contributed by atoms with Gasteiger partial charge in [-0.15, -0.1) is 0 Å². The van der Waals surface area contributed by atoms with Crippen molar-refractivity contribution in [2.24, 2.45) is 0 Å². The molecular weight excluding hydrogens is 687 g/mol. The number of fused-ring (bicyclic) bond motifs is 8. The fraction of sp³-hybridized carbons (Fsp3) is 0. The van der Waals surface area contributed by atoms with E-state index in [1.807, 2.05) is 0 Å². The van der Waals surface area contributed by atoms with E-state index in [0.29, 0.717) is 0 Å². The summed E-state index contributed by atoms with van der Waals surface area (Å²) >= 11 is 0. The zero-order chi connectivity index (χ0) is 37.7. The summed E-state index contributed by atoms with van der Waals surface area (Å²) in [6, 6.07) is 82.1. The van der Waals surface area contributed by atoms with Crippen molar-refractivity contribution in [3.63, 3.8) is 0 Å². The Hall–Kier alpha value is -7.48. The first kappa shape index (κ1) is 32.9. The van der Waals surface area contributed by atoms with E-state index in [2.05, 4.69) is 229 Å². The number of hydrogen-bond acceptors (Lipinski definition) is 1. The summed E-state index contributed by atoms with van der Waals surface area (Å²) in [6.45, 7) is 0. The third-order valence-electron chi connectivity index (χ3n) is 11.6. The summed E-state index contributed by atoms with van der Waals surface area (Å²) in [5.41, 5.74) is 10.5. The van der Waals surface area contributed by atoms with Crippen LogP contribution >= 0.6 is 0 Å². The van der Waals surface area contributed by atoms with Gasteiger partial charge in [-0.1, -0.05) is 176 Å². The van der Waals surface area contributed by atoms with Crippen molar-refractivity contribution in [3.8, 4) is 33.4 Å². The minimum absolute atomic E-state index is 1.10. The van der Waals surface area contributed by atoms with Crippen LogP contribution < -0.4 is 4.90 Å². The summed E-state index contributed by atoms with van der Waals surface area (Å²) in [6.07, 6.45) is 0. The second-order valence-electron chi connectivity index (χ2n) is 14.9. The maximum Gasteiger partial charge on any atom is 0.0467 e. The zero-order valence-electron chi connectivity index (χ0n) is 31.3. The van der Waals surface area contributed by atoms with Crippen LogP contribution in [0.5, 0.6) is 0 Å². The monoisotopic (exact) mass is 723 g/mol. The number of anilines is 3. The Morgan fingerprint density at radius 1 is 0.211 bits per heavy atom. The highest BCUT2D eigenvalue weighted by molar-refractivity contribution is 6.25. The Morgan fingerprint density at radius 2 is 0.684 bits per heavy atom. The van der Waals surface area contributed by atoms with Gasteiger partial charge in [0.25, 0.3) is 0 Å². The molecule has 0 N–H and O–H groups in total. The van der Waals surface area contributed by atoms with Gasteiger partial charge in [-0.05, 0) is 136 Å². The largest absolute Gasteiger partial charge is 0.310 e. The molecule has 0 bridgehead atoms. The molecule has 1 nitrogen and oxygen atoms in total. The molecule has 0 aliphatic heterocycles. The van der Waals surface area contributed by atoms with Crippen molar-refractivity contribution in [1.29, 1.82) is 0 Å². The Labute approximate surface area is 332 Å². The van der Waals surface area contributed by atoms with Gasteiger partial charge in [0, 0.05) is 17.1 Å². The lowest BCUT2D eigenvalue weighted by Crippen LogP contribution is -2.10. The van der Waals surface area contributed by atoms with E-state index >= 15 is 0 Å². The van der Waals surface area contributed by atoms with Crippen molar-refractivity contribution >= 4 is 70.9 Å². The fourth-order valence-corrected chi connectivity index (χ4v) is 8.82. The predicted octanol–water partition coefficient (Wildman–Crippen LogP) is 15.9. The normalized spacial score (nSPS) is 11.5. The van der Waals surface area contributed by atoms with Crippen molar-refractivity contribution in [2.45, 2.75) is 0 Å². The maximum atomic E-state index is 2.39. The summed E-state index contributed by atoms with van der Waals surface area (Å²) in [4.78, 5) is 2.39. The highest BCUT2D eigenvalue weighted by Gasteiger charge is 2.16. The highest BCUT2D eigenvalue weighted by atomic mass is 15.1. The number of rotatable bonds is 6. The molecule has 0 spiro atoms. The minimum atomic E-state index is 1.10. The molecule has 0 saturated heterocycles. The van der Waals surface area contributed by atoms with Crippen LogP contribution in [0.15, 0.2) is 224 Å². The summed E-state index contributed by atoms with van der Waals surface area (Å²) in [7, 11) is 0. The topological polar surface area (TPSA) is 3.24 Å². The summed E-state index contributed by atoms with van der Waals surface area (Å²) < 4.78 is 0. The Kier molecular flexibility index (Phi) is 7.89. The van der Waals surface area contributed by atoms with Gasteiger partial charge in [0.1, 0.15) is 0 Å². The van der Waals surface area contributed by atoms with E-state index in [0.717, 1.165) is 17.1 Å². The molecule has 1 heteroatoms. The molecular formula is C56H37N. The van der Waals surface area contributed by atoms with Gasteiger partial charge in [0.2, 0.25) is 0 Å². The van der Waals surface area contributed by atoms with Gasteiger partial charge in [-0.3, -0.25) is 0 Å². The first-order chi connectivity index (χ1) is 28.2. The lowest BCUT2D eigenvalue weighted by Gasteiger charge is -2.27. The molecule has 0 atom stereocenters. The molecule has 0 heterocycles. The molecule has 0 radical (unpaired) electrons. The van der Waals surface area contributed by atoms with Crippen LogP contribution in [-0.4, -0.2) is 0 Å². The molecule has 266 valence electrons. The van der Waals surface area contributed by atoms with Gasteiger partial charge in [-0.25, -0.2) is 0 Å². The van der Waals surface area contributed by atoms with Crippen LogP contribution in [0.3, 0.4) is 0 Å². The van der Waals surface area contributed by atoms with Crippen molar-refractivity contribution in [3.05, 3.63) is 224 Å². The first-order valence-corrected chi connectivity index (χ1v) is 19.7. The summed E-state index contributed by atoms with van der Waals surface area (Å²) in [5, 5.41) is 12.7. The Morgan fingerprint density at radius 3 is 1.40 bits per heavy atom. The van der Waals surface area contributed by atoms with Gasteiger partial charge in [-0.2, -0.15) is 0 Å². The second-order valence-corrected chi connectivity index (χ2v) is 14.9. The third-order valence-corrected chi connectivity index (χ3v) is 11.6. The van der Waals surface area contributed by atoms with Crippen LogP contribution in [0.1, 0.15) is 0 Å². The average Bonchev–Trinajstić information content (AvgIpc) is 3.29. The average molecular weight is 724 g/mol. The van der Waals surface area contributed by atoms with Crippen LogP contribution in [0.25, 0.3) is 87.2 Å². The lowest BCUT2D eigenvalue weighted by molar-refractivity contribution is 1.28.